The predicted octanol–water partition coefficient (Wildman–Crippen LogP) is 2.92. The van der Waals surface area contributed by atoms with Crippen LogP contribution in [-0.2, 0) is 0 Å². The maximum Gasteiger partial charge on any atom is 0.344 e. The molecule has 0 spiro atoms. The molecular weight excluding hydrogens is 350 g/mol. The summed E-state index contributed by atoms with van der Waals surface area (Å²) in [5.74, 6) is -1.13. The Hall–Kier alpha value is -4.12. The van der Waals surface area contributed by atoms with Crippen molar-refractivity contribution in [3.63, 3.8) is 0 Å². The molecule has 0 bridgehead atoms. The van der Waals surface area contributed by atoms with E-state index in [9.17, 15) is 20.2 Å². The average Bonchev–Trinajstić information content (AvgIpc) is 2.67. The SMILES string of the molecule is N#CC1=C(N)Oc2c(c(=O)oc3ccccc23)[C@@H]1c1ccccc1[N+](=O)[O-]. The number of nitrogens with two attached hydrogens (primary N) is 1. The normalized spacial score (nSPS) is 15.7. The number of allylic oxidation sites excluding steroid dienone is 1. The molecule has 2 heterocycles. The molecule has 1 aromatic heterocycles. The fourth-order valence-corrected chi connectivity index (χ4v) is 3.27. The van der Waals surface area contributed by atoms with Gasteiger partial charge in [0.25, 0.3) is 5.69 Å². The Morgan fingerprint density at radius 1 is 1.15 bits per heavy atom. The number of hydrogen-bond donors (Lipinski definition) is 1. The van der Waals surface area contributed by atoms with Crippen LogP contribution >= 0.6 is 0 Å². The van der Waals surface area contributed by atoms with Crippen LogP contribution in [0.3, 0.4) is 0 Å². The van der Waals surface area contributed by atoms with Gasteiger partial charge in [0, 0.05) is 11.6 Å². The number of ether oxygens (including phenoxy) is 1. The van der Waals surface area contributed by atoms with E-state index in [4.69, 9.17) is 14.9 Å². The number of benzene rings is 2. The Bertz CT molecular complexity index is 1240. The summed E-state index contributed by atoms with van der Waals surface area (Å²) in [4.78, 5) is 23.6. The number of nitro groups is 1. The summed E-state index contributed by atoms with van der Waals surface area (Å²) in [6, 6.07) is 14.5. The maximum absolute atomic E-state index is 12.7. The molecule has 27 heavy (non-hydrogen) atoms. The zero-order valence-corrected chi connectivity index (χ0v) is 13.7. The number of nitriles is 1. The molecule has 0 saturated carbocycles. The number of para-hydroxylation sites is 2. The second-order valence-corrected chi connectivity index (χ2v) is 5.87. The van der Waals surface area contributed by atoms with Gasteiger partial charge in [0.15, 0.2) is 5.75 Å². The van der Waals surface area contributed by atoms with E-state index in [2.05, 4.69) is 0 Å². The molecule has 0 radical (unpaired) electrons. The van der Waals surface area contributed by atoms with Gasteiger partial charge in [-0.1, -0.05) is 30.3 Å². The van der Waals surface area contributed by atoms with Gasteiger partial charge in [-0.15, -0.1) is 0 Å². The maximum atomic E-state index is 12.7. The molecule has 0 unspecified atom stereocenters. The van der Waals surface area contributed by atoms with Crippen molar-refractivity contribution in [1.29, 1.82) is 5.26 Å². The van der Waals surface area contributed by atoms with Crippen LogP contribution in [0, 0.1) is 21.4 Å². The van der Waals surface area contributed by atoms with E-state index in [1.807, 2.05) is 6.07 Å². The lowest BCUT2D eigenvalue weighted by atomic mass is 9.83. The van der Waals surface area contributed by atoms with Crippen molar-refractivity contribution < 1.29 is 14.1 Å². The Balaban J connectivity index is 2.12. The first kappa shape index (κ1) is 16.4. The first-order chi connectivity index (χ1) is 13.0. The molecule has 1 aliphatic rings. The number of nitrogens with zero attached hydrogens (tertiary/aromatic N) is 2. The minimum absolute atomic E-state index is 0.00810. The highest BCUT2D eigenvalue weighted by Crippen LogP contribution is 2.45. The van der Waals surface area contributed by atoms with Gasteiger partial charge in [0.1, 0.15) is 17.2 Å². The van der Waals surface area contributed by atoms with E-state index in [1.54, 1.807) is 30.3 Å². The molecule has 1 aliphatic heterocycles. The fourth-order valence-electron chi connectivity index (χ4n) is 3.27. The topological polar surface area (TPSA) is 132 Å². The summed E-state index contributed by atoms with van der Waals surface area (Å²) < 4.78 is 10.9. The Labute approximate surface area is 151 Å². The molecule has 1 atom stereocenters. The van der Waals surface area contributed by atoms with E-state index in [0.29, 0.717) is 5.39 Å². The van der Waals surface area contributed by atoms with E-state index >= 15 is 0 Å². The first-order valence-corrected chi connectivity index (χ1v) is 7.89. The zero-order chi connectivity index (χ0) is 19.1. The molecule has 0 fully saturated rings. The summed E-state index contributed by atoms with van der Waals surface area (Å²) in [5, 5.41) is 21.6. The first-order valence-electron chi connectivity index (χ1n) is 7.89. The Morgan fingerprint density at radius 3 is 2.59 bits per heavy atom. The van der Waals surface area contributed by atoms with Gasteiger partial charge >= 0.3 is 5.63 Å². The summed E-state index contributed by atoms with van der Waals surface area (Å²) in [5.41, 5.74) is 5.33. The third-order valence-corrected chi connectivity index (χ3v) is 4.42. The van der Waals surface area contributed by atoms with Gasteiger partial charge in [-0.05, 0) is 12.1 Å². The molecule has 2 aromatic carbocycles. The Morgan fingerprint density at radius 2 is 1.85 bits per heavy atom. The highest BCUT2D eigenvalue weighted by molar-refractivity contribution is 5.86. The van der Waals surface area contributed by atoms with Gasteiger partial charge in [0.05, 0.1) is 21.8 Å². The predicted molar refractivity (Wildman–Crippen MR) is 94.9 cm³/mol. The van der Waals surface area contributed by atoms with Crippen LogP contribution in [0.4, 0.5) is 5.69 Å². The lowest BCUT2D eigenvalue weighted by molar-refractivity contribution is -0.385. The van der Waals surface area contributed by atoms with Crippen LogP contribution in [0.15, 0.2) is 69.2 Å². The molecular formula is C19H11N3O5. The van der Waals surface area contributed by atoms with E-state index in [-0.39, 0.29) is 39.6 Å². The highest BCUT2D eigenvalue weighted by atomic mass is 16.6. The van der Waals surface area contributed by atoms with E-state index in [0.717, 1.165) is 0 Å². The average molecular weight is 361 g/mol. The summed E-state index contributed by atoms with van der Waals surface area (Å²) >= 11 is 0. The number of nitro benzene ring substituents is 1. The third kappa shape index (κ3) is 2.41. The van der Waals surface area contributed by atoms with Crippen molar-refractivity contribution in [3.8, 4) is 11.8 Å². The Kier molecular flexibility index (Phi) is 3.63. The fraction of sp³-hybridized carbons (Fsp3) is 0.0526. The smallest absolute Gasteiger partial charge is 0.344 e. The molecule has 0 aliphatic carbocycles. The van der Waals surface area contributed by atoms with Crippen LogP contribution in [0.1, 0.15) is 17.0 Å². The van der Waals surface area contributed by atoms with Crippen molar-refractivity contribution in [1.82, 2.24) is 0 Å². The summed E-state index contributed by atoms with van der Waals surface area (Å²) in [6.07, 6.45) is 0. The second-order valence-electron chi connectivity index (χ2n) is 5.87. The van der Waals surface area contributed by atoms with Crippen LogP contribution in [-0.4, -0.2) is 4.92 Å². The van der Waals surface area contributed by atoms with Crippen LogP contribution in [0.2, 0.25) is 0 Å². The zero-order valence-electron chi connectivity index (χ0n) is 13.7. The third-order valence-electron chi connectivity index (χ3n) is 4.42. The summed E-state index contributed by atoms with van der Waals surface area (Å²) in [7, 11) is 0. The minimum Gasteiger partial charge on any atom is -0.439 e. The van der Waals surface area contributed by atoms with Gasteiger partial charge in [-0.3, -0.25) is 10.1 Å². The molecule has 3 aromatic rings. The van der Waals surface area contributed by atoms with Crippen molar-refractivity contribution >= 4 is 16.7 Å². The standard InChI is InChI=1S/C19H11N3O5/c20-9-12-15(10-5-1-3-7-13(10)22(24)25)16-17(27-18(12)21)11-6-2-4-8-14(11)26-19(16)23/h1-8,15H,21H2/t15-/m1/s1. The molecule has 8 heteroatoms. The number of hydrogen-bond acceptors (Lipinski definition) is 7. The summed E-state index contributed by atoms with van der Waals surface area (Å²) in [6.45, 7) is 0. The van der Waals surface area contributed by atoms with Gasteiger partial charge in [-0.25, -0.2) is 4.79 Å². The van der Waals surface area contributed by atoms with Crippen molar-refractivity contribution in [2.45, 2.75) is 5.92 Å². The lowest BCUT2D eigenvalue weighted by Gasteiger charge is -2.25. The van der Waals surface area contributed by atoms with Gasteiger partial charge < -0.3 is 14.9 Å². The van der Waals surface area contributed by atoms with Crippen molar-refractivity contribution in [2.75, 3.05) is 0 Å². The molecule has 0 amide bonds. The van der Waals surface area contributed by atoms with Crippen LogP contribution in [0.25, 0.3) is 11.0 Å². The lowest BCUT2D eigenvalue weighted by Crippen LogP contribution is -2.26. The molecule has 8 nitrogen and oxygen atoms in total. The number of rotatable bonds is 2. The number of fused-ring (bicyclic) bond motifs is 3. The quantitative estimate of drug-likeness (QED) is 0.421. The van der Waals surface area contributed by atoms with Crippen LogP contribution < -0.4 is 16.1 Å². The molecule has 2 N–H and O–H groups in total. The highest BCUT2D eigenvalue weighted by Gasteiger charge is 2.38. The minimum atomic E-state index is -1.07. The molecule has 4 rings (SSSR count). The van der Waals surface area contributed by atoms with Crippen LogP contribution in [0.5, 0.6) is 5.75 Å². The van der Waals surface area contributed by atoms with Crippen molar-refractivity contribution in [3.05, 3.63) is 91.6 Å². The monoisotopic (exact) mass is 361 g/mol. The van der Waals surface area contributed by atoms with E-state index < -0.39 is 16.5 Å². The van der Waals surface area contributed by atoms with E-state index in [1.165, 1.54) is 18.2 Å². The van der Waals surface area contributed by atoms with Crippen molar-refractivity contribution in [2.24, 2.45) is 5.73 Å². The largest absolute Gasteiger partial charge is 0.439 e. The van der Waals surface area contributed by atoms with Gasteiger partial charge in [0.2, 0.25) is 5.88 Å². The second kappa shape index (κ2) is 6.00. The van der Waals surface area contributed by atoms with Gasteiger partial charge in [-0.2, -0.15) is 5.26 Å². The molecule has 0 saturated heterocycles. The molecule has 132 valence electrons.